The van der Waals surface area contributed by atoms with Crippen molar-refractivity contribution in [3.8, 4) is 0 Å². The van der Waals surface area contributed by atoms with Gasteiger partial charge in [-0.3, -0.25) is 37.3 Å². The molecule has 0 radical (unpaired) electrons. The predicted molar refractivity (Wildman–Crippen MR) is 414 cm³/mol. The first-order valence-electron chi connectivity index (χ1n) is 41.8. The van der Waals surface area contributed by atoms with Crippen molar-refractivity contribution in [3.63, 3.8) is 0 Å². The summed E-state index contributed by atoms with van der Waals surface area (Å²) < 4.78 is 68.7. The van der Waals surface area contributed by atoms with Crippen LogP contribution in [-0.2, 0) is 65.4 Å². The van der Waals surface area contributed by atoms with Gasteiger partial charge in [0.05, 0.1) is 26.4 Å². The summed E-state index contributed by atoms with van der Waals surface area (Å²) >= 11 is 0. The third-order valence-electron chi connectivity index (χ3n) is 19.6. The molecule has 0 heterocycles. The summed E-state index contributed by atoms with van der Waals surface area (Å²) in [5, 5.41) is 10.6. The van der Waals surface area contributed by atoms with Crippen molar-refractivity contribution >= 4 is 39.5 Å². The summed E-state index contributed by atoms with van der Waals surface area (Å²) in [5.74, 6) is 0.257. The molecule has 0 aliphatic rings. The molecular weight excluding hydrogens is 1320 g/mol. The lowest BCUT2D eigenvalue weighted by Gasteiger charge is -2.21. The summed E-state index contributed by atoms with van der Waals surface area (Å²) in [6.45, 7) is 11.9. The van der Waals surface area contributed by atoms with Crippen molar-refractivity contribution in [2.24, 2.45) is 17.8 Å². The fourth-order valence-corrected chi connectivity index (χ4v) is 13.6. The Morgan fingerprint density at radius 3 is 0.832 bits per heavy atom. The number of aliphatic hydroxyl groups excluding tert-OH is 1. The van der Waals surface area contributed by atoms with Crippen LogP contribution in [0.25, 0.3) is 0 Å². The molecule has 3 N–H and O–H groups in total. The van der Waals surface area contributed by atoms with Gasteiger partial charge < -0.3 is 33.8 Å². The van der Waals surface area contributed by atoms with Crippen molar-refractivity contribution in [2.45, 2.75) is 420 Å². The minimum atomic E-state index is -4.97. The van der Waals surface area contributed by atoms with E-state index in [2.05, 4.69) is 72.8 Å². The molecule has 0 aliphatic carbocycles. The lowest BCUT2D eigenvalue weighted by atomic mass is 9.99. The first-order chi connectivity index (χ1) is 48.8. The Morgan fingerprint density at radius 2 is 0.554 bits per heavy atom. The molecule has 0 rings (SSSR count). The smallest absolute Gasteiger partial charge is 0.462 e. The molecule has 0 aliphatic heterocycles. The van der Waals surface area contributed by atoms with Gasteiger partial charge in [-0.2, -0.15) is 0 Å². The first-order valence-corrected chi connectivity index (χ1v) is 44.8. The Kier molecular flexibility index (Phi) is 70.0. The summed E-state index contributed by atoms with van der Waals surface area (Å²) in [6, 6.07) is 0. The normalized spacial score (nSPS) is 14.9. The molecule has 5 unspecified atom stereocenters. The molecule has 0 aromatic rings. The third kappa shape index (κ3) is 71.6. The number of ether oxygens (including phenoxy) is 4. The molecule has 0 aromatic heterocycles. The van der Waals surface area contributed by atoms with E-state index in [1.54, 1.807) is 0 Å². The van der Waals surface area contributed by atoms with Gasteiger partial charge in [-0.1, -0.05) is 349 Å². The molecule has 0 aromatic carbocycles. The van der Waals surface area contributed by atoms with Crippen molar-refractivity contribution in [2.75, 3.05) is 39.6 Å². The van der Waals surface area contributed by atoms with Crippen LogP contribution >= 0.6 is 15.6 Å². The van der Waals surface area contributed by atoms with E-state index in [1.807, 2.05) is 0 Å². The van der Waals surface area contributed by atoms with E-state index < -0.39 is 97.5 Å². The molecule has 0 saturated heterocycles. The number of rotatable bonds is 78. The third-order valence-corrected chi connectivity index (χ3v) is 21.5. The van der Waals surface area contributed by atoms with Crippen LogP contribution in [0.5, 0.6) is 0 Å². The standard InChI is InChI=1S/C82H156O17P2/c1-8-12-13-14-15-16-17-18-23-27-30-36-41-49-56-63-79(84)92-69-77(98-82(87)66-59-52-43-38-33-32-35-40-47-54-61-74(6)10-3)71-96-100(88,89)94-67-76(83)68-95-101(90,91)97-72-78(70-93-80(85)64-57-50-45-44-48-55-62-75(7)11-4)99-81(86)65-58-51-42-37-31-28-25-22-20-19-21-24-26-29-34-39-46-53-60-73(5)9-2/h16-18,23,73-78,83H,8-15,19-22,24-72H2,1-7H3,(H,88,89)(H,90,91)/b17-16-,23-18-/t73?,74?,75?,76-,77-,78-/m1/s1. The van der Waals surface area contributed by atoms with Crippen LogP contribution in [0.1, 0.15) is 402 Å². The predicted octanol–water partition coefficient (Wildman–Crippen LogP) is 24.1. The Hall–Kier alpha value is -2.46. The van der Waals surface area contributed by atoms with Crippen LogP contribution in [0.3, 0.4) is 0 Å². The summed E-state index contributed by atoms with van der Waals surface area (Å²) in [4.78, 5) is 73.0. The minimum absolute atomic E-state index is 0.0992. The Labute approximate surface area is 618 Å². The number of carbonyl (C=O) groups is 4. The number of esters is 4. The highest BCUT2D eigenvalue weighted by Gasteiger charge is 2.30. The van der Waals surface area contributed by atoms with E-state index in [1.165, 1.54) is 186 Å². The molecule has 0 saturated carbocycles. The zero-order chi connectivity index (χ0) is 74.4. The number of allylic oxidation sites excluding steroid dienone is 4. The molecule has 0 amide bonds. The quantitative estimate of drug-likeness (QED) is 0.0169. The van der Waals surface area contributed by atoms with Crippen molar-refractivity contribution in [1.29, 1.82) is 0 Å². The van der Waals surface area contributed by atoms with Crippen LogP contribution < -0.4 is 0 Å². The zero-order valence-corrected chi connectivity index (χ0v) is 67.6. The number of aliphatic hydroxyl groups is 1. The SMILES string of the molecule is CCCCCC/C=C\C=C/CCCCCCCC(=O)OC[C@H](COP(=O)(O)OC[C@@H](O)COP(=O)(O)OC[C@@H](COC(=O)CCCCCCCCC(C)CC)OC(=O)CCCCCCCCCCCCCCCCCCCCC(C)CC)OC(=O)CCCCCCCCCCCCC(C)CC. The average Bonchev–Trinajstić information content (AvgIpc) is 1.01. The van der Waals surface area contributed by atoms with Gasteiger partial charge >= 0.3 is 39.5 Å². The minimum Gasteiger partial charge on any atom is -0.462 e. The van der Waals surface area contributed by atoms with E-state index >= 15 is 0 Å². The van der Waals surface area contributed by atoms with Gasteiger partial charge in [-0.15, -0.1) is 0 Å². The molecule has 0 fully saturated rings. The van der Waals surface area contributed by atoms with Gasteiger partial charge in [0.2, 0.25) is 0 Å². The average molecular weight is 1480 g/mol. The highest BCUT2D eigenvalue weighted by atomic mass is 31.2. The second kappa shape index (κ2) is 71.8. The van der Waals surface area contributed by atoms with E-state index in [4.69, 9.17) is 37.0 Å². The number of hydrogen-bond acceptors (Lipinski definition) is 15. The highest BCUT2D eigenvalue weighted by Crippen LogP contribution is 2.45. The maximum atomic E-state index is 13.1. The van der Waals surface area contributed by atoms with Crippen LogP contribution in [-0.4, -0.2) is 96.7 Å². The topological polar surface area (TPSA) is 237 Å². The number of phosphoric acid groups is 2. The van der Waals surface area contributed by atoms with Crippen LogP contribution in [0.2, 0.25) is 0 Å². The number of hydrogen-bond donors (Lipinski definition) is 3. The van der Waals surface area contributed by atoms with Gasteiger partial charge in [0.1, 0.15) is 19.3 Å². The Balaban J connectivity index is 5.23. The lowest BCUT2D eigenvalue weighted by molar-refractivity contribution is -0.161. The molecule has 0 spiro atoms. The number of phosphoric ester groups is 2. The summed E-state index contributed by atoms with van der Waals surface area (Å²) in [5.41, 5.74) is 0. The molecule has 17 nitrogen and oxygen atoms in total. The molecule has 8 atom stereocenters. The molecular formula is C82H156O17P2. The molecule has 101 heavy (non-hydrogen) atoms. The zero-order valence-electron chi connectivity index (χ0n) is 65.9. The summed E-state index contributed by atoms with van der Waals surface area (Å²) in [7, 11) is -9.93. The van der Waals surface area contributed by atoms with Crippen LogP contribution in [0, 0.1) is 17.8 Å². The Bertz CT molecular complexity index is 2060. The van der Waals surface area contributed by atoms with E-state index in [9.17, 15) is 43.2 Å². The lowest BCUT2D eigenvalue weighted by Crippen LogP contribution is -2.30. The first kappa shape index (κ1) is 98.5. The maximum absolute atomic E-state index is 13.1. The number of unbranched alkanes of at least 4 members (excludes halogenated alkanes) is 40. The second-order valence-electron chi connectivity index (χ2n) is 29.6. The van der Waals surface area contributed by atoms with Crippen LogP contribution in [0.15, 0.2) is 24.3 Å². The van der Waals surface area contributed by atoms with E-state index in [0.29, 0.717) is 25.7 Å². The van der Waals surface area contributed by atoms with Crippen molar-refractivity contribution in [3.05, 3.63) is 24.3 Å². The van der Waals surface area contributed by atoms with Crippen LogP contribution in [0.4, 0.5) is 0 Å². The molecule has 596 valence electrons. The van der Waals surface area contributed by atoms with Gasteiger partial charge in [0.25, 0.3) is 0 Å². The Morgan fingerprint density at radius 1 is 0.317 bits per heavy atom. The van der Waals surface area contributed by atoms with Gasteiger partial charge in [0.15, 0.2) is 12.2 Å². The largest absolute Gasteiger partial charge is 0.472 e. The van der Waals surface area contributed by atoms with E-state index in [0.717, 1.165) is 133 Å². The fourth-order valence-electron chi connectivity index (χ4n) is 12.0. The molecule has 19 heteroatoms. The number of carbonyl (C=O) groups excluding carboxylic acids is 4. The maximum Gasteiger partial charge on any atom is 0.472 e. The van der Waals surface area contributed by atoms with Crippen molar-refractivity contribution < 1.29 is 80.2 Å². The van der Waals surface area contributed by atoms with Gasteiger partial charge in [-0.05, 0) is 69.1 Å². The molecule has 0 bridgehead atoms. The summed E-state index contributed by atoms with van der Waals surface area (Å²) in [6.07, 6.45) is 63.2. The van der Waals surface area contributed by atoms with Crippen molar-refractivity contribution in [1.82, 2.24) is 0 Å². The van der Waals surface area contributed by atoms with Gasteiger partial charge in [0, 0.05) is 25.7 Å². The highest BCUT2D eigenvalue weighted by molar-refractivity contribution is 7.47. The fraction of sp³-hybridized carbons (Fsp3) is 0.902. The monoisotopic (exact) mass is 1480 g/mol. The second-order valence-corrected chi connectivity index (χ2v) is 32.5. The van der Waals surface area contributed by atoms with E-state index in [-0.39, 0.29) is 25.7 Å². The van der Waals surface area contributed by atoms with Gasteiger partial charge in [-0.25, -0.2) is 9.13 Å².